The Morgan fingerprint density at radius 2 is 1.69 bits per heavy atom. The van der Waals surface area contributed by atoms with Crippen LogP contribution < -0.4 is 15.8 Å². The number of benzene rings is 2. The number of nitrogens with one attached hydrogen (secondary N) is 1. The quantitative estimate of drug-likeness (QED) is 0.703. The second kappa shape index (κ2) is 8.38. The summed E-state index contributed by atoms with van der Waals surface area (Å²) < 4.78 is 40.5. The maximum atomic E-state index is 13.7. The molecule has 0 saturated carbocycles. The Balaban J connectivity index is 0.00000117. The molecule has 1 fully saturated rings. The van der Waals surface area contributed by atoms with Crippen LogP contribution in [0.15, 0.2) is 47.3 Å². The molecule has 1 aliphatic rings. The van der Waals surface area contributed by atoms with Crippen molar-refractivity contribution < 1.29 is 12.8 Å². The highest BCUT2D eigenvalue weighted by molar-refractivity contribution is 7.89. The Kier molecular flexibility index (Phi) is 6.09. The summed E-state index contributed by atoms with van der Waals surface area (Å²) in [4.78, 5) is 15.2. The fourth-order valence-electron chi connectivity index (χ4n) is 3.44. The summed E-state index contributed by atoms with van der Waals surface area (Å²) in [6.07, 6.45) is 1.02. The van der Waals surface area contributed by atoms with Crippen LogP contribution in [0.25, 0.3) is 16.6 Å². The smallest absolute Gasteiger partial charge is 0.280 e. The lowest BCUT2D eigenvalue weighted by Crippen LogP contribution is -2.43. The Labute approximate surface area is 169 Å². The van der Waals surface area contributed by atoms with Crippen molar-refractivity contribution in [3.05, 3.63) is 58.6 Å². The van der Waals surface area contributed by atoms with Gasteiger partial charge in [-0.1, -0.05) is 19.9 Å². The maximum Gasteiger partial charge on any atom is 0.280 e. The largest absolute Gasteiger partial charge is 0.369 e. The van der Waals surface area contributed by atoms with Gasteiger partial charge in [-0.05, 0) is 36.4 Å². The molecule has 29 heavy (non-hydrogen) atoms. The minimum absolute atomic E-state index is 0.158. The van der Waals surface area contributed by atoms with Crippen molar-refractivity contribution in [1.29, 1.82) is 0 Å². The standard InChI is InChI=1S/C18H19FN4O3S.C2H6/c1-27(25,26)23-17-6-5-14(21-9-7-20-8-10-21)12-16(17)18(24)22(23)15-4-2-3-13(19)11-15;1-2/h2-6,11-12,20H,7-10H2,1H3;1-2H3. The molecule has 4 rings (SSSR count). The van der Waals surface area contributed by atoms with E-state index in [1.165, 1.54) is 18.2 Å². The van der Waals surface area contributed by atoms with Crippen molar-refractivity contribution in [2.45, 2.75) is 13.8 Å². The number of aromatic nitrogens is 2. The average molecular weight is 421 g/mol. The van der Waals surface area contributed by atoms with Gasteiger partial charge >= 0.3 is 0 Å². The average Bonchev–Trinajstić information content (AvgIpc) is 3.02. The predicted octanol–water partition coefficient (Wildman–Crippen LogP) is 2.17. The zero-order valence-electron chi connectivity index (χ0n) is 16.7. The first-order chi connectivity index (χ1) is 13.9. The van der Waals surface area contributed by atoms with Crippen LogP contribution in [0.5, 0.6) is 0 Å². The lowest BCUT2D eigenvalue weighted by atomic mass is 10.2. The van der Waals surface area contributed by atoms with Gasteiger partial charge in [-0.3, -0.25) is 4.79 Å². The number of hydrogen-bond donors (Lipinski definition) is 1. The third-order valence-electron chi connectivity index (χ3n) is 4.64. The highest BCUT2D eigenvalue weighted by Gasteiger charge is 2.22. The first-order valence-electron chi connectivity index (χ1n) is 9.56. The van der Waals surface area contributed by atoms with Gasteiger partial charge in [0.1, 0.15) is 5.82 Å². The molecule has 0 radical (unpaired) electrons. The molecule has 1 aromatic heterocycles. The lowest BCUT2D eigenvalue weighted by Gasteiger charge is -2.29. The van der Waals surface area contributed by atoms with Gasteiger partial charge in [0.15, 0.2) is 0 Å². The van der Waals surface area contributed by atoms with E-state index in [9.17, 15) is 17.6 Å². The number of anilines is 1. The van der Waals surface area contributed by atoms with E-state index >= 15 is 0 Å². The van der Waals surface area contributed by atoms with Crippen molar-refractivity contribution in [3.8, 4) is 5.69 Å². The van der Waals surface area contributed by atoms with Crippen LogP contribution in [0.1, 0.15) is 13.8 Å². The van der Waals surface area contributed by atoms with Crippen LogP contribution in [-0.4, -0.2) is 49.6 Å². The normalized spacial score (nSPS) is 14.6. The van der Waals surface area contributed by atoms with Crippen molar-refractivity contribution in [2.75, 3.05) is 37.3 Å². The lowest BCUT2D eigenvalue weighted by molar-refractivity contribution is 0.577. The Morgan fingerprint density at radius 3 is 2.31 bits per heavy atom. The molecule has 0 atom stereocenters. The summed E-state index contributed by atoms with van der Waals surface area (Å²) >= 11 is 0. The van der Waals surface area contributed by atoms with Crippen LogP contribution in [0, 0.1) is 5.82 Å². The molecule has 0 aliphatic carbocycles. The molecule has 3 aromatic rings. The van der Waals surface area contributed by atoms with Crippen molar-refractivity contribution in [3.63, 3.8) is 0 Å². The van der Waals surface area contributed by atoms with Gasteiger partial charge < -0.3 is 10.2 Å². The van der Waals surface area contributed by atoms with E-state index in [0.717, 1.165) is 53.0 Å². The molecule has 0 bridgehead atoms. The van der Waals surface area contributed by atoms with Crippen LogP contribution >= 0.6 is 0 Å². The van der Waals surface area contributed by atoms with E-state index in [1.54, 1.807) is 12.1 Å². The number of halogens is 1. The maximum absolute atomic E-state index is 13.7. The van der Waals surface area contributed by atoms with E-state index in [1.807, 2.05) is 19.9 Å². The molecule has 0 unspecified atom stereocenters. The fraction of sp³-hybridized carbons (Fsp3) is 0.350. The summed E-state index contributed by atoms with van der Waals surface area (Å²) in [7, 11) is -3.80. The number of rotatable bonds is 3. The third-order valence-corrected chi connectivity index (χ3v) is 5.63. The first-order valence-corrected chi connectivity index (χ1v) is 11.4. The minimum atomic E-state index is -3.80. The van der Waals surface area contributed by atoms with Gasteiger partial charge in [0.25, 0.3) is 5.56 Å². The van der Waals surface area contributed by atoms with E-state index < -0.39 is 21.4 Å². The summed E-state index contributed by atoms with van der Waals surface area (Å²) in [6, 6.07) is 10.5. The van der Waals surface area contributed by atoms with Gasteiger partial charge in [-0.2, -0.15) is 4.09 Å². The molecule has 0 amide bonds. The molecule has 0 spiro atoms. The molecular formula is C20H25FN4O3S. The second-order valence-electron chi connectivity index (χ2n) is 6.54. The van der Waals surface area contributed by atoms with Crippen molar-refractivity contribution >= 4 is 26.6 Å². The van der Waals surface area contributed by atoms with Crippen LogP contribution in [0.2, 0.25) is 0 Å². The van der Waals surface area contributed by atoms with Crippen LogP contribution in [0.4, 0.5) is 10.1 Å². The summed E-state index contributed by atoms with van der Waals surface area (Å²) in [5, 5.41) is 3.54. The number of hydrogen-bond acceptors (Lipinski definition) is 5. The molecule has 2 aromatic carbocycles. The molecule has 2 heterocycles. The zero-order valence-corrected chi connectivity index (χ0v) is 17.5. The monoisotopic (exact) mass is 420 g/mol. The van der Waals surface area contributed by atoms with Crippen molar-refractivity contribution in [2.24, 2.45) is 0 Å². The fourth-order valence-corrected chi connectivity index (χ4v) is 4.42. The summed E-state index contributed by atoms with van der Waals surface area (Å²) in [5.41, 5.74) is 0.784. The van der Waals surface area contributed by atoms with Gasteiger partial charge in [-0.25, -0.2) is 17.5 Å². The second-order valence-corrected chi connectivity index (χ2v) is 8.35. The molecule has 1 saturated heterocycles. The topological polar surface area (TPSA) is 76.3 Å². The van der Waals surface area contributed by atoms with E-state index in [4.69, 9.17) is 0 Å². The Bertz CT molecular complexity index is 1180. The number of fused-ring (bicyclic) bond motifs is 1. The van der Waals surface area contributed by atoms with Gasteiger partial charge in [0.2, 0.25) is 10.0 Å². The highest BCUT2D eigenvalue weighted by atomic mass is 32.2. The van der Waals surface area contributed by atoms with Gasteiger partial charge in [0.05, 0.1) is 22.8 Å². The minimum Gasteiger partial charge on any atom is -0.369 e. The summed E-state index contributed by atoms with van der Waals surface area (Å²) in [6.45, 7) is 7.29. The predicted molar refractivity (Wildman–Crippen MR) is 114 cm³/mol. The first kappa shape index (κ1) is 21.1. The highest BCUT2D eigenvalue weighted by Crippen LogP contribution is 2.23. The van der Waals surface area contributed by atoms with E-state index in [2.05, 4.69) is 10.2 Å². The number of piperazine rings is 1. The summed E-state index contributed by atoms with van der Waals surface area (Å²) in [5.74, 6) is -0.550. The molecule has 1 N–H and O–H groups in total. The Morgan fingerprint density at radius 1 is 1.00 bits per heavy atom. The number of nitrogens with zero attached hydrogens (tertiary/aromatic N) is 3. The molecule has 7 nitrogen and oxygen atoms in total. The third kappa shape index (κ3) is 4.06. The van der Waals surface area contributed by atoms with Crippen LogP contribution in [-0.2, 0) is 10.0 Å². The van der Waals surface area contributed by atoms with E-state index in [-0.39, 0.29) is 16.6 Å². The molecule has 9 heteroatoms. The molecule has 156 valence electrons. The molecular weight excluding hydrogens is 395 g/mol. The van der Waals surface area contributed by atoms with Gasteiger partial charge in [0, 0.05) is 31.9 Å². The van der Waals surface area contributed by atoms with Crippen LogP contribution in [0.3, 0.4) is 0 Å². The Hall–Kier alpha value is -2.65. The van der Waals surface area contributed by atoms with Crippen molar-refractivity contribution in [1.82, 2.24) is 14.1 Å². The SMILES string of the molecule is CC.CS(=O)(=O)n1c2ccc(N3CCNCC3)cc2c(=O)n1-c1cccc(F)c1. The zero-order chi connectivity index (χ0) is 21.2. The van der Waals surface area contributed by atoms with Gasteiger partial charge in [-0.15, -0.1) is 0 Å². The van der Waals surface area contributed by atoms with E-state index in [0.29, 0.717) is 0 Å². The molecule has 1 aliphatic heterocycles.